The number of methoxy groups -OCH3 is 1. The smallest absolute Gasteiger partial charge is 0.416 e. The number of hydrogen-bond donors (Lipinski definition) is 0. The van der Waals surface area contributed by atoms with Crippen LogP contribution >= 0.6 is 11.3 Å². The van der Waals surface area contributed by atoms with E-state index in [1.54, 1.807) is 23.5 Å². The maximum atomic E-state index is 12.9. The molecule has 8 heteroatoms. The number of benzene rings is 2. The number of carbonyl (C=O) groups excluding carboxylic acids is 1. The molecule has 0 bridgehead atoms. The molecule has 2 aromatic carbocycles. The first kappa shape index (κ1) is 19.4. The molecular weight excluding hydrogens is 401 g/mol. The Morgan fingerprint density at radius 1 is 1.17 bits per heavy atom. The molecule has 1 aromatic heterocycles. The number of alkyl halides is 3. The van der Waals surface area contributed by atoms with Crippen molar-refractivity contribution in [1.82, 2.24) is 9.88 Å². The summed E-state index contributed by atoms with van der Waals surface area (Å²) in [5.74, 6) is 0.506. The fraction of sp³-hybridized carbons (Fsp3) is 0.238. The Morgan fingerprint density at radius 3 is 2.76 bits per heavy atom. The first-order valence-corrected chi connectivity index (χ1v) is 9.81. The van der Waals surface area contributed by atoms with Crippen LogP contribution in [0, 0.1) is 0 Å². The van der Waals surface area contributed by atoms with Crippen LogP contribution in [0.15, 0.2) is 47.8 Å². The van der Waals surface area contributed by atoms with Crippen LogP contribution in [-0.4, -0.2) is 29.4 Å². The molecule has 4 rings (SSSR count). The van der Waals surface area contributed by atoms with Gasteiger partial charge in [-0.2, -0.15) is 13.2 Å². The Bertz CT molecular complexity index is 1060. The largest absolute Gasteiger partial charge is 0.497 e. The molecule has 2 heterocycles. The van der Waals surface area contributed by atoms with Gasteiger partial charge in [0.05, 0.1) is 12.7 Å². The van der Waals surface area contributed by atoms with Crippen LogP contribution in [0.25, 0.3) is 10.6 Å². The summed E-state index contributed by atoms with van der Waals surface area (Å²) < 4.78 is 44.1. The quantitative estimate of drug-likeness (QED) is 0.599. The van der Waals surface area contributed by atoms with Crippen molar-refractivity contribution in [2.45, 2.75) is 19.1 Å². The molecule has 150 valence electrons. The van der Waals surface area contributed by atoms with E-state index in [-0.39, 0.29) is 11.6 Å². The van der Waals surface area contributed by atoms with Crippen molar-refractivity contribution in [3.8, 4) is 16.3 Å². The second kappa shape index (κ2) is 7.51. The zero-order valence-corrected chi connectivity index (χ0v) is 16.3. The fourth-order valence-electron chi connectivity index (χ4n) is 3.33. The highest BCUT2D eigenvalue weighted by Crippen LogP contribution is 2.33. The minimum absolute atomic E-state index is 0.229. The summed E-state index contributed by atoms with van der Waals surface area (Å²) in [4.78, 5) is 18.9. The van der Waals surface area contributed by atoms with Gasteiger partial charge in [-0.3, -0.25) is 4.79 Å². The van der Waals surface area contributed by atoms with Gasteiger partial charge in [-0.25, -0.2) is 4.98 Å². The highest BCUT2D eigenvalue weighted by Gasteiger charge is 2.31. The van der Waals surface area contributed by atoms with Crippen molar-refractivity contribution in [2.75, 3.05) is 13.7 Å². The molecule has 0 unspecified atom stereocenters. The second-order valence-electron chi connectivity index (χ2n) is 6.73. The number of amides is 1. The molecule has 0 fully saturated rings. The molecule has 0 aliphatic carbocycles. The lowest BCUT2D eigenvalue weighted by Gasteiger charge is -2.28. The fourth-order valence-corrected chi connectivity index (χ4v) is 4.12. The van der Waals surface area contributed by atoms with Crippen LogP contribution < -0.4 is 4.74 Å². The highest BCUT2D eigenvalue weighted by atomic mass is 32.1. The van der Waals surface area contributed by atoms with Gasteiger partial charge in [0.15, 0.2) is 0 Å². The number of hydrogen-bond acceptors (Lipinski definition) is 4. The van der Waals surface area contributed by atoms with Crippen molar-refractivity contribution in [3.63, 3.8) is 0 Å². The lowest BCUT2D eigenvalue weighted by molar-refractivity contribution is -0.137. The van der Waals surface area contributed by atoms with E-state index in [1.165, 1.54) is 11.6 Å². The van der Waals surface area contributed by atoms with Gasteiger partial charge < -0.3 is 9.64 Å². The van der Waals surface area contributed by atoms with Gasteiger partial charge >= 0.3 is 6.18 Å². The van der Waals surface area contributed by atoms with Crippen molar-refractivity contribution >= 4 is 17.2 Å². The third kappa shape index (κ3) is 3.98. The Balaban J connectivity index is 1.55. The Kier molecular flexibility index (Phi) is 5.04. The SMILES string of the molecule is COc1ccc2c(c1)CN(C(=O)c1csc(-c3cccc(C(F)(F)F)c3)n1)CC2. The molecule has 0 radical (unpaired) electrons. The average Bonchev–Trinajstić information content (AvgIpc) is 3.22. The van der Waals surface area contributed by atoms with E-state index in [2.05, 4.69) is 4.98 Å². The van der Waals surface area contributed by atoms with Crippen molar-refractivity contribution in [2.24, 2.45) is 0 Å². The van der Waals surface area contributed by atoms with E-state index >= 15 is 0 Å². The molecule has 0 saturated heterocycles. The third-order valence-electron chi connectivity index (χ3n) is 4.87. The number of ether oxygens (including phenoxy) is 1. The molecule has 0 saturated carbocycles. The predicted octanol–water partition coefficient (Wildman–Crippen LogP) is 5.04. The zero-order valence-electron chi connectivity index (χ0n) is 15.5. The number of nitrogens with zero attached hydrogens (tertiary/aromatic N) is 2. The van der Waals surface area contributed by atoms with E-state index in [4.69, 9.17) is 4.74 Å². The molecule has 1 amide bonds. The third-order valence-corrected chi connectivity index (χ3v) is 5.76. The van der Waals surface area contributed by atoms with Gasteiger partial charge in [0.25, 0.3) is 5.91 Å². The van der Waals surface area contributed by atoms with Crippen LogP contribution in [-0.2, 0) is 19.1 Å². The first-order valence-electron chi connectivity index (χ1n) is 8.93. The Hall–Kier alpha value is -2.87. The maximum absolute atomic E-state index is 12.9. The molecule has 29 heavy (non-hydrogen) atoms. The first-order chi connectivity index (χ1) is 13.8. The average molecular weight is 418 g/mol. The van der Waals surface area contributed by atoms with Gasteiger partial charge in [0, 0.05) is 24.0 Å². The van der Waals surface area contributed by atoms with Gasteiger partial charge in [-0.05, 0) is 41.8 Å². The Morgan fingerprint density at radius 2 is 2.00 bits per heavy atom. The number of halogens is 3. The predicted molar refractivity (Wildman–Crippen MR) is 104 cm³/mol. The summed E-state index contributed by atoms with van der Waals surface area (Å²) in [6, 6.07) is 10.8. The number of thiazole rings is 1. The summed E-state index contributed by atoms with van der Waals surface area (Å²) in [6.07, 6.45) is -3.69. The van der Waals surface area contributed by atoms with Crippen LogP contribution in [0.3, 0.4) is 0 Å². The van der Waals surface area contributed by atoms with E-state index in [9.17, 15) is 18.0 Å². The molecule has 1 aliphatic rings. The Labute approximate surface area is 169 Å². The summed E-state index contributed by atoms with van der Waals surface area (Å²) in [5, 5.41) is 1.98. The minimum Gasteiger partial charge on any atom is -0.497 e. The number of carbonyl (C=O) groups is 1. The summed E-state index contributed by atoms with van der Waals surface area (Å²) >= 11 is 1.16. The van der Waals surface area contributed by atoms with E-state index in [1.807, 2.05) is 18.2 Å². The number of rotatable bonds is 3. The lowest BCUT2D eigenvalue weighted by atomic mass is 9.99. The molecular formula is C21H17F3N2O2S. The standard InChI is InChI=1S/C21H17F3N2O2S/c1-28-17-6-5-13-7-8-26(11-15(13)10-17)20(27)18-12-29-19(25-18)14-3-2-4-16(9-14)21(22,23)24/h2-6,9-10,12H,7-8,11H2,1H3. The van der Waals surface area contributed by atoms with Crippen LogP contribution in [0.4, 0.5) is 13.2 Å². The molecule has 0 atom stereocenters. The summed E-state index contributed by atoms with van der Waals surface area (Å²) in [6.45, 7) is 1.01. The second-order valence-corrected chi connectivity index (χ2v) is 7.59. The molecule has 1 aliphatic heterocycles. The van der Waals surface area contributed by atoms with Crippen LogP contribution in [0.5, 0.6) is 5.75 Å². The molecule has 4 nitrogen and oxygen atoms in total. The maximum Gasteiger partial charge on any atom is 0.416 e. The van der Waals surface area contributed by atoms with Crippen molar-refractivity contribution in [1.29, 1.82) is 0 Å². The van der Waals surface area contributed by atoms with Gasteiger partial charge in [0.1, 0.15) is 16.5 Å². The number of fused-ring (bicyclic) bond motifs is 1. The topological polar surface area (TPSA) is 42.4 Å². The van der Waals surface area contributed by atoms with E-state index < -0.39 is 11.7 Å². The van der Waals surface area contributed by atoms with Gasteiger partial charge in [-0.15, -0.1) is 11.3 Å². The van der Waals surface area contributed by atoms with Crippen LogP contribution in [0.1, 0.15) is 27.2 Å². The monoisotopic (exact) mass is 418 g/mol. The molecule has 0 N–H and O–H groups in total. The van der Waals surface area contributed by atoms with E-state index in [0.717, 1.165) is 41.2 Å². The molecule has 3 aromatic rings. The van der Waals surface area contributed by atoms with Gasteiger partial charge in [0.2, 0.25) is 0 Å². The normalized spacial score (nSPS) is 13.9. The van der Waals surface area contributed by atoms with Crippen LogP contribution in [0.2, 0.25) is 0 Å². The van der Waals surface area contributed by atoms with Gasteiger partial charge in [-0.1, -0.05) is 18.2 Å². The highest BCUT2D eigenvalue weighted by molar-refractivity contribution is 7.13. The van der Waals surface area contributed by atoms with E-state index in [0.29, 0.717) is 23.7 Å². The molecule has 0 spiro atoms. The van der Waals surface area contributed by atoms with Crippen molar-refractivity contribution < 1.29 is 22.7 Å². The minimum atomic E-state index is -4.42. The van der Waals surface area contributed by atoms with Crippen molar-refractivity contribution in [3.05, 3.63) is 70.2 Å². The summed E-state index contributed by atoms with van der Waals surface area (Å²) in [5.41, 5.74) is 2.06. The number of aromatic nitrogens is 1. The zero-order chi connectivity index (χ0) is 20.6. The lowest BCUT2D eigenvalue weighted by Crippen LogP contribution is -2.36. The summed E-state index contributed by atoms with van der Waals surface area (Å²) in [7, 11) is 1.60.